The summed E-state index contributed by atoms with van der Waals surface area (Å²) in [4.78, 5) is 4.08. The highest BCUT2D eigenvalue weighted by atomic mass is 16.5. The van der Waals surface area contributed by atoms with Gasteiger partial charge in [0.2, 0.25) is 0 Å². The average molecular weight is 246 g/mol. The molecule has 1 unspecified atom stereocenters. The second kappa shape index (κ2) is 6.16. The second-order valence-corrected chi connectivity index (χ2v) is 4.01. The fourth-order valence-corrected chi connectivity index (χ4v) is 1.80. The molecule has 1 aromatic heterocycles. The van der Waals surface area contributed by atoms with Crippen LogP contribution in [0.3, 0.4) is 0 Å². The van der Waals surface area contributed by atoms with Crippen LogP contribution in [0.25, 0.3) is 0 Å². The number of benzene rings is 1. The lowest BCUT2D eigenvalue weighted by Crippen LogP contribution is -2.19. The van der Waals surface area contributed by atoms with Crippen LogP contribution in [0.5, 0.6) is 5.75 Å². The van der Waals surface area contributed by atoms with Crippen molar-refractivity contribution in [3.05, 3.63) is 42.0 Å². The van der Waals surface area contributed by atoms with Gasteiger partial charge in [-0.2, -0.15) is 5.10 Å². The van der Waals surface area contributed by atoms with E-state index in [-0.39, 0.29) is 6.04 Å². The number of nitrogens with zero attached hydrogens (tertiary/aromatic N) is 2. The molecule has 1 atom stereocenters. The summed E-state index contributed by atoms with van der Waals surface area (Å²) in [6.45, 7) is 5.42. The molecule has 0 saturated heterocycles. The Morgan fingerprint density at radius 2 is 2.22 bits per heavy atom. The van der Waals surface area contributed by atoms with Crippen LogP contribution in [0.2, 0.25) is 0 Å². The molecule has 0 aliphatic rings. The Balaban J connectivity index is 2.01. The van der Waals surface area contributed by atoms with Crippen molar-refractivity contribution in [1.29, 1.82) is 0 Å². The lowest BCUT2D eigenvalue weighted by Gasteiger charge is -2.17. The first kappa shape index (κ1) is 12.6. The summed E-state index contributed by atoms with van der Waals surface area (Å²) in [5, 5.41) is 10.0. The van der Waals surface area contributed by atoms with Crippen molar-refractivity contribution >= 4 is 0 Å². The van der Waals surface area contributed by atoms with Crippen LogP contribution >= 0.6 is 0 Å². The number of ether oxygens (including phenoxy) is 1. The molecule has 1 heterocycles. The molecule has 0 bridgehead atoms. The zero-order valence-corrected chi connectivity index (χ0v) is 10.7. The van der Waals surface area contributed by atoms with E-state index in [0.717, 1.165) is 17.1 Å². The van der Waals surface area contributed by atoms with E-state index in [1.165, 1.54) is 6.33 Å². The largest absolute Gasteiger partial charge is 0.494 e. The maximum absolute atomic E-state index is 5.62. The highest BCUT2D eigenvalue weighted by Gasteiger charge is 2.10. The Morgan fingerprint density at radius 3 is 2.94 bits per heavy atom. The third kappa shape index (κ3) is 3.07. The van der Waals surface area contributed by atoms with E-state index < -0.39 is 0 Å². The minimum atomic E-state index is 0.192. The molecular weight excluding hydrogens is 228 g/mol. The number of hydrogen-bond acceptors (Lipinski definition) is 4. The van der Waals surface area contributed by atoms with Crippen LogP contribution in [-0.4, -0.2) is 21.8 Å². The van der Waals surface area contributed by atoms with Gasteiger partial charge in [-0.25, -0.2) is 4.98 Å². The molecule has 2 N–H and O–H groups in total. The van der Waals surface area contributed by atoms with Crippen LogP contribution in [0.1, 0.15) is 31.3 Å². The molecule has 0 aliphatic heterocycles. The first-order valence-electron chi connectivity index (χ1n) is 6.10. The van der Waals surface area contributed by atoms with Crippen molar-refractivity contribution in [1.82, 2.24) is 20.5 Å². The van der Waals surface area contributed by atoms with E-state index in [4.69, 9.17) is 4.74 Å². The van der Waals surface area contributed by atoms with Crippen LogP contribution in [-0.2, 0) is 6.54 Å². The first-order valence-corrected chi connectivity index (χ1v) is 6.10. The predicted octanol–water partition coefficient (Wildman–Crippen LogP) is 2.05. The lowest BCUT2D eigenvalue weighted by atomic mass is 10.1. The van der Waals surface area contributed by atoms with Crippen molar-refractivity contribution in [3.8, 4) is 5.75 Å². The lowest BCUT2D eigenvalue weighted by molar-refractivity contribution is 0.332. The molecule has 0 spiro atoms. The number of H-pyrrole nitrogens is 1. The highest BCUT2D eigenvalue weighted by Crippen LogP contribution is 2.24. The van der Waals surface area contributed by atoms with E-state index in [1.807, 2.05) is 25.1 Å². The van der Waals surface area contributed by atoms with Crippen molar-refractivity contribution in [3.63, 3.8) is 0 Å². The van der Waals surface area contributed by atoms with Gasteiger partial charge in [-0.1, -0.05) is 18.2 Å². The van der Waals surface area contributed by atoms with Gasteiger partial charge < -0.3 is 10.1 Å². The van der Waals surface area contributed by atoms with Crippen LogP contribution in [0.15, 0.2) is 30.6 Å². The average Bonchev–Trinajstić information content (AvgIpc) is 2.90. The third-order valence-corrected chi connectivity index (χ3v) is 2.73. The quantitative estimate of drug-likeness (QED) is 0.819. The second-order valence-electron chi connectivity index (χ2n) is 4.01. The topological polar surface area (TPSA) is 62.8 Å². The van der Waals surface area contributed by atoms with Gasteiger partial charge in [0.1, 0.15) is 17.9 Å². The fourth-order valence-electron chi connectivity index (χ4n) is 1.80. The molecule has 0 saturated carbocycles. The highest BCUT2D eigenvalue weighted by molar-refractivity contribution is 5.35. The maximum Gasteiger partial charge on any atom is 0.138 e. The van der Waals surface area contributed by atoms with Crippen molar-refractivity contribution < 1.29 is 4.74 Å². The molecule has 96 valence electrons. The predicted molar refractivity (Wildman–Crippen MR) is 69.2 cm³/mol. The molecule has 5 heteroatoms. The standard InChI is InChI=1S/C13H18N4O/c1-3-18-12-7-5-4-6-11(12)10(2)14-8-13-15-9-16-17-13/h4-7,9-10,14H,3,8H2,1-2H3,(H,15,16,17). The summed E-state index contributed by atoms with van der Waals surface area (Å²) in [6.07, 6.45) is 1.51. The monoisotopic (exact) mass is 246 g/mol. The van der Waals surface area contributed by atoms with E-state index in [1.54, 1.807) is 0 Å². The summed E-state index contributed by atoms with van der Waals surface area (Å²) in [5.74, 6) is 1.76. The van der Waals surface area contributed by atoms with Crippen LogP contribution < -0.4 is 10.1 Å². The molecule has 5 nitrogen and oxygen atoms in total. The SMILES string of the molecule is CCOc1ccccc1C(C)NCc1ncn[nH]1. The normalized spacial score (nSPS) is 12.3. The van der Waals surface area contributed by atoms with Gasteiger partial charge in [-0.15, -0.1) is 0 Å². The van der Waals surface area contributed by atoms with Crippen LogP contribution in [0.4, 0.5) is 0 Å². The van der Waals surface area contributed by atoms with Crippen LogP contribution in [0, 0.1) is 0 Å². The van der Waals surface area contributed by atoms with E-state index >= 15 is 0 Å². The van der Waals surface area contributed by atoms with Gasteiger partial charge in [-0.3, -0.25) is 5.10 Å². The van der Waals surface area contributed by atoms with Crippen molar-refractivity contribution in [2.75, 3.05) is 6.61 Å². The number of aromatic nitrogens is 3. The third-order valence-electron chi connectivity index (χ3n) is 2.73. The van der Waals surface area contributed by atoms with Gasteiger partial charge in [0.05, 0.1) is 13.2 Å². The zero-order valence-electron chi connectivity index (χ0n) is 10.7. The molecule has 2 rings (SSSR count). The minimum Gasteiger partial charge on any atom is -0.494 e. The molecule has 1 aromatic carbocycles. The molecule has 18 heavy (non-hydrogen) atoms. The molecule has 0 radical (unpaired) electrons. The summed E-state index contributed by atoms with van der Waals surface area (Å²) < 4.78 is 5.62. The summed E-state index contributed by atoms with van der Waals surface area (Å²) in [7, 11) is 0. The van der Waals surface area contributed by atoms with E-state index in [9.17, 15) is 0 Å². The number of rotatable bonds is 6. The Hall–Kier alpha value is -1.88. The summed E-state index contributed by atoms with van der Waals surface area (Å²) in [6, 6.07) is 8.26. The van der Waals surface area contributed by atoms with Crippen molar-refractivity contribution in [2.45, 2.75) is 26.4 Å². The summed E-state index contributed by atoms with van der Waals surface area (Å²) in [5.41, 5.74) is 1.15. The molecule has 0 aliphatic carbocycles. The molecular formula is C13H18N4O. The Morgan fingerprint density at radius 1 is 1.39 bits per heavy atom. The van der Waals surface area contributed by atoms with Gasteiger partial charge >= 0.3 is 0 Å². The Kier molecular flexibility index (Phi) is 4.30. The first-order chi connectivity index (χ1) is 8.81. The van der Waals surface area contributed by atoms with Gasteiger partial charge in [0, 0.05) is 11.6 Å². The Labute approximate surface area is 107 Å². The zero-order chi connectivity index (χ0) is 12.8. The van der Waals surface area contributed by atoms with Gasteiger partial charge in [0.15, 0.2) is 0 Å². The molecule has 2 aromatic rings. The van der Waals surface area contributed by atoms with E-state index in [0.29, 0.717) is 13.2 Å². The molecule has 0 fully saturated rings. The van der Waals surface area contributed by atoms with Crippen molar-refractivity contribution in [2.24, 2.45) is 0 Å². The van der Waals surface area contributed by atoms with E-state index in [2.05, 4.69) is 33.5 Å². The maximum atomic E-state index is 5.62. The number of hydrogen-bond donors (Lipinski definition) is 2. The number of nitrogens with one attached hydrogen (secondary N) is 2. The summed E-state index contributed by atoms with van der Waals surface area (Å²) >= 11 is 0. The minimum absolute atomic E-state index is 0.192. The number of para-hydroxylation sites is 1. The number of aromatic amines is 1. The smallest absolute Gasteiger partial charge is 0.138 e. The van der Waals surface area contributed by atoms with Gasteiger partial charge in [0.25, 0.3) is 0 Å². The molecule has 0 amide bonds. The van der Waals surface area contributed by atoms with Gasteiger partial charge in [-0.05, 0) is 19.9 Å². The fraction of sp³-hybridized carbons (Fsp3) is 0.385. The Bertz CT molecular complexity index is 470.